The summed E-state index contributed by atoms with van der Waals surface area (Å²) < 4.78 is 17.8. The Labute approximate surface area is 242 Å². The molecule has 5 nitrogen and oxygen atoms in total. The summed E-state index contributed by atoms with van der Waals surface area (Å²) in [5, 5.41) is 9.33. The zero-order valence-corrected chi connectivity index (χ0v) is 23.4. The van der Waals surface area contributed by atoms with E-state index >= 15 is 0 Å². The van der Waals surface area contributed by atoms with Crippen LogP contribution in [-0.2, 0) is 33.5 Å². The van der Waals surface area contributed by atoms with Gasteiger partial charge in [-0.15, -0.1) is 0 Å². The van der Waals surface area contributed by atoms with Gasteiger partial charge in [0.1, 0.15) is 18.5 Å². The van der Waals surface area contributed by atoms with Gasteiger partial charge in [-0.1, -0.05) is 97.1 Å². The van der Waals surface area contributed by atoms with Crippen LogP contribution in [0, 0.1) is 0 Å². The van der Waals surface area contributed by atoms with Crippen molar-refractivity contribution >= 4 is 18.1 Å². The molecule has 0 heterocycles. The van der Waals surface area contributed by atoms with Crippen LogP contribution in [0.2, 0.25) is 0 Å². The van der Waals surface area contributed by atoms with Gasteiger partial charge in [-0.05, 0) is 70.8 Å². The largest absolute Gasteiger partial charge is 0.491 e. The minimum Gasteiger partial charge on any atom is -0.491 e. The van der Waals surface area contributed by atoms with E-state index in [-0.39, 0.29) is 6.10 Å². The SMILES string of the molecule is CCOC(Cc1ccc(OCCOC2c3ccccc3C=Cc3c(CCc4ccccc4)cccc32)cc1)C(=O)O. The van der Waals surface area contributed by atoms with Crippen molar-refractivity contribution in [3.05, 3.63) is 136 Å². The molecule has 5 rings (SSSR count). The highest BCUT2D eigenvalue weighted by atomic mass is 16.5. The molecule has 1 aliphatic rings. The molecular weight excluding hydrogens is 512 g/mol. The Kier molecular flexibility index (Phi) is 9.63. The first-order chi connectivity index (χ1) is 20.1. The van der Waals surface area contributed by atoms with Crippen LogP contribution in [0.1, 0.15) is 52.0 Å². The van der Waals surface area contributed by atoms with Crippen molar-refractivity contribution in [2.45, 2.75) is 38.4 Å². The highest BCUT2D eigenvalue weighted by Gasteiger charge is 2.23. The lowest BCUT2D eigenvalue weighted by Gasteiger charge is -2.22. The van der Waals surface area contributed by atoms with Crippen LogP contribution in [-0.4, -0.2) is 37.0 Å². The Balaban J connectivity index is 1.25. The van der Waals surface area contributed by atoms with E-state index in [1.54, 1.807) is 6.92 Å². The highest BCUT2D eigenvalue weighted by molar-refractivity contribution is 5.77. The standard InChI is InChI=1S/C36H36O5/c1-2-39-34(36(37)38)25-27-16-20-30(21-17-27)40-23-24-41-35-32-13-7-6-11-29(32)19-22-31-28(12-8-14-33(31)35)18-15-26-9-4-3-5-10-26/h3-14,16-17,19-22,34-35H,2,15,18,23-25H2,1H3,(H,37,38). The monoisotopic (exact) mass is 548 g/mol. The summed E-state index contributed by atoms with van der Waals surface area (Å²) in [7, 11) is 0. The Morgan fingerprint density at radius 1 is 0.780 bits per heavy atom. The summed E-state index contributed by atoms with van der Waals surface area (Å²) in [6.45, 7) is 2.97. The Bertz CT molecular complexity index is 1460. The number of aryl methyl sites for hydroxylation is 2. The first-order valence-electron chi connectivity index (χ1n) is 14.2. The average Bonchev–Trinajstić information content (AvgIpc) is 3.16. The first kappa shape index (κ1) is 28.3. The van der Waals surface area contributed by atoms with E-state index in [2.05, 4.69) is 84.9 Å². The van der Waals surface area contributed by atoms with Gasteiger partial charge in [0.25, 0.3) is 0 Å². The third-order valence-electron chi connectivity index (χ3n) is 7.37. The van der Waals surface area contributed by atoms with E-state index in [9.17, 15) is 9.90 Å². The number of hydrogen-bond donors (Lipinski definition) is 1. The van der Waals surface area contributed by atoms with Gasteiger partial charge < -0.3 is 19.3 Å². The van der Waals surface area contributed by atoms with E-state index in [1.165, 1.54) is 22.3 Å². The number of fused-ring (bicyclic) bond motifs is 2. The second-order valence-electron chi connectivity index (χ2n) is 10.1. The molecule has 0 saturated carbocycles. The van der Waals surface area contributed by atoms with Gasteiger partial charge in [-0.2, -0.15) is 0 Å². The van der Waals surface area contributed by atoms with E-state index in [0.29, 0.717) is 32.0 Å². The van der Waals surface area contributed by atoms with Crippen molar-refractivity contribution in [3.8, 4) is 5.75 Å². The minimum absolute atomic E-state index is 0.203. The fraction of sp³-hybridized carbons (Fsp3) is 0.250. The lowest BCUT2D eigenvalue weighted by atomic mass is 9.91. The van der Waals surface area contributed by atoms with Crippen molar-refractivity contribution in [1.82, 2.24) is 0 Å². The summed E-state index contributed by atoms with van der Waals surface area (Å²) >= 11 is 0. The smallest absolute Gasteiger partial charge is 0.333 e. The summed E-state index contributed by atoms with van der Waals surface area (Å²) in [5.41, 5.74) is 8.24. The van der Waals surface area contributed by atoms with E-state index in [0.717, 1.165) is 29.5 Å². The lowest BCUT2D eigenvalue weighted by Crippen LogP contribution is -2.26. The number of benzene rings is 4. The number of ether oxygens (including phenoxy) is 3. The van der Waals surface area contributed by atoms with Gasteiger partial charge >= 0.3 is 5.97 Å². The molecule has 0 radical (unpaired) electrons. The van der Waals surface area contributed by atoms with Gasteiger partial charge in [0.05, 0.1) is 6.61 Å². The molecule has 41 heavy (non-hydrogen) atoms. The maximum atomic E-state index is 11.4. The Hall–Kier alpha value is -4.19. The summed E-state index contributed by atoms with van der Waals surface area (Å²) in [6, 6.07) is 33.0. The molecule has 0 saturated heterocycles. The highest BCUT2D eigenvalue weighted by Crippen LogP contribution is 2.37. The van der Waals surface area contributed by atoms with Crippen LogP contribution < -0.4 is 4.74 Å². The molecule has 0 amide bonds. The molecule has 0 fully saturated rings. The number of carboxylic acid groups (broad SMARTS) is 1. The molecular formula is C36H36O5. The van der Waals surface area contributed by atoms with Crippen LogP contribution in [0.15, 0.2) is 97.1 Å². The number of aliphatic carboxylic acids is 1. The second kappa shape index (κ2) is 13.9. The van der Waals surface area contributed by atoms with Crippen LogP contribution in [0.3, 0.4) is 0 Å². The molecule has 0 spiro atoms. The molecule has 5 heteroatoms. The van der Waals surface area contributed by atoms with Crippen LogP contribution in [0.25, 0.3) is 12.2 Å². The molecule has 1 N–H and O–H groups in total. The third-order valence-corrected chi connectivity index (χ3v) is 7.37. The zero-order valence-electron chi connectivity index (χ0n) is 23.4. The van der Waals surface area contributed by atoms with E-state index in [1.807, 2.05) is 24.3 Å². The van der Waals surface area contributed by atoms with Crippen molar-refractivity contribution in [1.29, 1.82) is 0 Å². The molecule has 0 aliphatic heterocycles. The van der Waals surface area contributed by atoms with Crippen LogP contribution in [0.5, 0.6) is 5.75 Å². The van der Waals surface area contributed by atoms with Crippen molar-refractivity contribution in [2.24, 2.45) is 0 Å². The fourth-order valence-electron chi connectivity index (χ4n) is 5.31. The quantitative estimate of drug-likeness (QED) is 0.179. The average molecular weight is 549 g/mol. The lowest BCUT2D eigenvalue weighted by molar-refractivity contribution is -0.149. The van der Waals surface area contributed by atoms with Gasteiger partial charge in [-0.25, -0.2) is 4.79 Å². The summed E-state index contributed by atoms with van der Waals surface area (Å²) in [5.74, 6) is -0.239. The number of rotatable bonds is 13. The maximum Gasteiger partial charge on any atom is 0.333 e. The summed E-state index contributed by atoms with van der Waals surface area (Å²) in [6.07, 6.45) is 5.63. The van der Waals surface area contributed by atoms with Gasteiger partial charge in [-0.3, -0.25) is 0 Å². The van der Waals surface area contributed by atoms with Crippen molar-refractivity contribution in [2.75, 3.05) is 19.8 Å². The Morgan fingerprint density at radius 3 is 2.32 bits per heavy atom. The van der Waals surface area contributed by atoms with Gasteiger partial charge in [0, 0.05) is 13.0 Å². The molecule has 4 aromatic rings. The Morgan fingerprint density at radius 2 is 1.54 bits per heavy atom. The topological polar surface area (TPSA) is 65.0 Å². The normalized spacial score (nSPS) is 14.5. The molecule has 1 aliphatic carbocycles. The fourth-order valence-corrected chi connectivity index (χ4v) is 5.31. The number of hydrogen-bond acceptors (Lipinski definition) is 4. The van der Waals surface area contributed by atoms with Crippen LogP contribution in [0.4, 0.5) is 0 Å². The molecule has 4 aromatic carbocycles. The molecule has 2 unspecified atom stereocenters. The predicted octanol–water partition coefficient (Wildman–Crippen LogP) is 7.17. The predicted molar refractivity (Wildman–Crippen MR) is 162 cm³/mol. The van der Waals surface area contributed by atoms with Crippen LogP contribution >= 0.6 is 0 Å². The maximum absolute atomic E-state index is 11.4. The molecule has 0 aromatic heterocycles. The van der Waals surface area contributed by atoms with Gasteiger partial charge in [0.2, 0.25) is 0 Å². The van der Waals surface area contributed by atoms with Gasteiger partial charge in [0.15, 0.2) is 6.10 Å². The number of carbonyl (C=O) groups is 1. The molecule has 2 atom stereocenters. The zero-order chi connectivity index (χ0) is 28.4. The summed E-state index contributed by atoms with van der Waals surface area (Å²) in [4.78, 5) is 11.4. The molecule has 0 bridgehead atoms. The molecule has 210 valence electrons. The number of carboxylic acids is 1. The van der Waals surface area contributed by atoms with E-state index < -0.39 is 12.1 Å². The van der Waals surface area contributed by atoms with Crippen molar-refractivity contribution in [3.63, 3.8) is 0 Å². The first-order valence-corrected chi connectivity index (χ1v) is 14.2. The van der Waals surface area contributed by atoms with Crippen molar-refractivity contribution < 1.29 is 24.1 Å². The third kappa shape index (κ3) is 7.31. The van der Waals surface area contributed by atoms with E-state index in [4.69, 9.17) is 14.2 Å². The second-order valence-corrected chi connectivity index (χ2v) is 10.1. The minimum atomic E-state index is -0.954.